The Morgan fingerprint density at radius 3 is 1.96 bits per heavy atom. The zero-order valence-corrected chi connectivity index (χ0v) is 18.3. The average molecular weight is 492 g/mol. The van der Waals surface area contributed by atoms with Gasteiger partial charge in [0.2, 0.25) is 20.0 Å². The van der Waals surface area contributed by atoms with Crippen LogP contribution in [0.3, 0.4) is 0 Å². The van der Waals surface area contributed by atoms with Crippen LogP contribution >= 0.6 is 10.7 Å². The van der Waals surface area contributed by atoms with Crippen LogP contribution in [0, 0.1) is 0 Å². The van der Waals surface area contributed by atoms with E-state index in [-0.39, 0.29) is 25.1 Å². The summed E-state index contributed by atoms with van der Waals surface area (Å²) in [6.07, 6.45) is 1.07. The predicted octanol–water partition coefficient (Wildman–Crippen LogP) is 0.655. The van der Waals surface area contributed by atoms with Crippen LogP contribution in [0.15, 0.2) is 41.3 Å². The first-order valence-electron chi connectivity index (χ1n) is 7.08. The Morgan fingerprint density at radius 1 is 0.893 bits per heavy atom. The lowest BCUT2D eigenvalue weighted by atomic mass is 10.1. The zero-order chi connectivity index (χ0) is 21.5. The maximum absolute atomic E-state index is 12.3. The lowest BCUT2D eigenvalue weighted by Gasteiger charge is -2.18. The molecule has 0 aliphatic rings. The number of benzene rings is 2. The lowest BCUT2D eigenvalue weighted by Crippen LogP contribution is -2.40. The van der Waals surface area contributed by atoms with Gasteiger partial charge in [-0.25, -0.2) is 25.3 Å². The maximum Gasteiger partial charge on any atom is 0.324 e. The molecule has 28 heavy (non-hydrogen) atoms. The third-order valence-corrected chi connectivity index (χ3v) is 9.36. The summed E-state index contributed by atoms with van der Waals surface area (Å²) in [5.41, 5.74) is 0. The van der Waals surface area contributed by atoms with Gasteiger partial charge in [0.25, 0.3) is 9.05 Å². The summed E-state index contributed by atoms with van der Waals surface area (Å²) < 4.78 is 98.5. The largest absolute Gasteiger partial charge is 0.381 e. The minimum atomic E-state index is -4.71. The number of hydrogen-bond donors (Lipinski definition) is 0. The van der Waals surface area contributed by atoms with Gasteiger partial charge >= 0.3 is 10.1 Å². The number of sulfonamides is 2. The van der Waals surface area contributed by atoms with Crippen LogP contribution in [-0.2, 0) is 39.2 Å². The predicted molar refractivity (Wildman–Crippen MR) is 103 cm³/mol. The molecule has 2 aromatic carbocycles. The third kappa shape index (κ3) is 5.55. The van der Waals surface area contributed by atoms with Gasteiger partial charge in [0.05, 0.1) is 17.4 Å². The van der Waals surface area contributed by atoms with E-state index in [1.807, 2.05) is 0 Å². The Balaban J connectivity index is 2.48. The van der Waals surface area contributed by atoms with Gasteiger partial charge in [-0.3, -0.25) is 0 Å². The van der Waals surface area contributed by atoms with Crippen LogP contribution < -0.4 is 4.18 Å². The van der Waals surface area contributed by atoms with Gasteiger partial charge in [0.15, 0.2) is 5.88 Å². The van der Waals surface area contributed by atoms with Crippen LogP contribution in [0.2, 0.25) is 0 Å². The van der Waals surface area contributed by atoms with Gasteiger partial charge < -0.3 is 4.18 Å². The highest BCUT2D eigenvalue weighted by molar-refractivity contribution is 8.13. The summed E-state index contributed by atoms with van der Waals surface area (Å²) in [6, 6.07) is 7.64. The molecular weight excluding hydrogens is 478 g/mol. The van der Waals surface area contributed by atoms with Crippen LogP contribution in [0.5, 0.6) is 5.75 Å². The van der Waals surface area contributed by atoms with Crippen molar-refractivity contribution in [3.05, 3.63) is 36.4 Å². The number of rotatable bonds is 7. The Kier molecular flexibility index (Phi) is 6.05. The van der Waals surface area contributed by atoms with Gasteiger partial charge in [0, 0.05) is 16.1 Å². The van der Waals surface area contributed by atoms with Crippen LogP contribution in [0.4, 0.5) is 0 Å². The lowest BCUT2D eigenvalue weighted by molar-refractivity contribution is 0.466. The third-order valence-electron chi connectivity index (χ3n) is 3.31. The maximum atomic E-state index is 12.3. The van der Waals surface area contributed by atoms with Crippen molar-refractivity contribution >= 4 is 60.7 Å². The molecule has 0 heterocycles. The van der Waals surface area contributed by atoms with Crippen LogP contribution in [-0.4, -0.2) is 55.8 Å². The molecular formula is C13H14ClNO9S4. The molecule has 0 fully saturated rings. The molecule has 156 valence electrons. The molecule has 0 amide bonds. The molecule has 2 rings (SSSR count). The molecule has 0 spiro atoms. The van der Waals surface area contributed by atoms with E-state index in [4.69, 9.17) is 14.9 Å². The second-order valence-electron chi connectivity index (χ2n) is 5.65. The first-order valence-corrected chi connectivity index (χ1v) is 14.7. The number of hydrogen-bond acceptors (Lipinski definition) is 9. The Bertz CT molecular complexity index is 1320. The fraction of sp³-hybridized carbons (Fsp3) is 0.231. The molecule has 0 unspecified atom stereocenters. The molecule has 0 radical (unpaired) electrons. The topological polar surface area (TPSA) is 149 Å². The van der Waals surface area contributed by atoms with Crippen LogP contribution in [0.1, 0.15) is 0 Å². The van der Waals surface area contributed by atoms with Crippen molar-refractivity contribution in [3.63, 3.8) is 0 Å². The second kappa shape index (κ2) is 7.42. The average Bonchev–Trinajstić information content (AvgIpc) is 2.49. The number of nitrogens with zero attached hydrogens (tertiary/aromatic N) is 1. The Hall–Kier alpha value is -1.45. The highest BCUT2D eigenvalue weighted by Crippen LogP contribution is 2.30. The summed E-state index contributed by atoms with van der Waals surface area (Å²) in [5, 5.41) is 0.456. The fourth-order valence-corrected chi connectivity index (χ4v) is 7.98. The Labute approximate surface area is 167 Å². The molecule has 0 aliphatic carbocycles. The minimum Gasteiger partial charge on any atom is -0.381 e. The first-order chi connectivity index (χ1) is 12.5. The molecule has 0 aliphatic heterocycles. The van der Waals surface area contributed by atoms with Gasteiger partial charge in [-0.15, -0.1) is 0 Å². The van der Waals surface area contributed by atoms with Crippen molar-refractivity contribution < 1.29 is 37.9 Å². The zero-order valence-electron chi connectivity index (χ0n) is 14.3. The number of halogens is 1. The van der Waals surface area contributed by atoms with Crippen molar-refractivity contribution in [2.24, 2.45) is 0 Å². The molecule has 0 aromatic heterocycles. The first kappa shape index (κ1) is 22.8. The number of fused-ring (bicyclic) bond motifs is 1. The smallest absolute Gasteiger partial charge is 0.324 e. The molecule has 10 nitrogen and oxygen atoms in total. The van der Waals surface area contributed by atoms with Crippen LogP contribution in [0.25, 0.3) is 10.8 Å². The van der Waals surface area contributed by atoms with E-state index in [1.54, 1.807) is 0 Å². The van der Waals surface area contributed by atoms with Crippen molar-refractivity contribution in [2.75, 3.05) is 18.4 Å². The fourth-order valence-electron chi connectivity index (χ4n) is 2.19. The molecule has 0 saturated heterocycles. The summed E-state index contributed by atoms with van der Waals surface area (Å²) >= 11 is 0. The van der Waals surface area contributed by atoms with E-state index in [0.717, 1.165) is 6.07 Å². The second-order valence-corrected chi connectivity index (χ2v) is 13.8. The summed E-state index contributed by atoms with van der Waals surface area (Å²) in [4.78, 5) is -0.220. The standard InChI is InChI=1S/C13H14ClNO9S4/c1-25(16,17)15(26(2,18)19)9-27(20,21)24-13-5-3-4-10-8-11(28(14,22)23)6-7-12(10)13/h3-8H,9H2,1-2H3. The van der Waals surface area contributed by atoms with E-state index in [2.05, 4.69) is 0 Å². The highest BCUT2D eigenvalue weighted by atomic mass is 35.7. The highest BCUT2D eigenvalue weighted by Gasteiger charge is 2.33. The molecule has 15 heteroatoms. The Morgan fingerprint density at radius 2 is 1.46 bits per heavy atom. The van der Waals surface area contributed by atoms with Crippen molar-refractivity contribution in [1.29, 1.82) is 0 Å². The van der Waals surface area contributed by atoms with Gasteiger partial charge in [0.1, 0.15) is 5.75 Å². The van der Waals surface area contributed by atoms with E-state index in [9.17, 15) is 33.7 Å². The minimum absolute atomic E-state index is 0.181. The molecule has 0 bridgehead atoms. The van der Waals surface area contributed by atoms with E-state index in [1.165, 1.54) is 30.3 Å². The SMILES string of the molecule is CS(=O)(=O)N(CS(=O)(=O)Oc1cccc2cc(S(=O)(=O)Cl)ccc12)S(C)(=O)=O. The van der Waals surface area contributed by atoms with E-state index < -0.39 is 45.1 Å². The summed E-state index contributed by atoms with van der Waals surface area (Å²) in [6.45, 7) is 0. The van der Waals surface area contributed by atoms with Crippen molar-refractivity contribution in [1.82, 2.24) is 3.71 Å². The summed E-state index contributed by atoms with van der Waals surface area (Å²) in [7, 11) is -12.3. The van der Waals surface area contributed by atoms with E-state index in [0.29, 0.717) is 12.5 Å². The molecule has 0 saturated carbocycles. The van der Waals surface area contributed by atoms with Gasteiger partial charge in [-0.05, 0) is 29.7 Å². The van der Waals surface area contributed by atoms with Gasteiger partial charge in [-0.2, -0.15) is 8.42 Å². The van der Waals surface area contributed by atoms with Crippen molar-refractivity contribution in [2.45, 2.75) is 4.90 Å². The van der Waals surface area contributed by atoms with Gasteiger partial charge in [-0.1, -0.05) is 15.8 Å². The quantitative estimate of drug-likeness (QED) is 0.401. The molecule has 0 atom stereocenters. The van der Waals surface area contributed by atoms with E-state index >= 15 is 0 Å². The molecule has 0 N–H and O–H groups in total. The van der Waals surface area contributed by atoms with Crippen molar-refractivity contribution in [3.8, 4) is 5.75 Å². The monoisotopic (exact) mass is 491 g/mol. The normalized spacial score (nSPS) is 13.7. The molecule has 2 aromatic rings. The summed E-state index contributed by atoms with van der Waals surface area (Å²) in [5.74, 6) is -1.71.